The van der Waals surface area contributed by atoms with Crippen molar-refractivity contribution >= 4 is 22.8 Å². The molecule has 37 heavy (non-hydrogen) atoms. The van der Waals surface area contributed by atoms with Gasteiger partial charge in [0.05, 0.1) is 18.5 Å². The molecular weight excluding hydrogens is 534 g/mol. The topological polar surface area (TPSA) is 116 Å². The van der Waals surface area contributed by atoms with Crippen molar-refractivity contribution in [3.05, 3.63) is 67.3 Å². The third-order valence-corrected chi connectivity index (χ3v) is 5.48. The van der Waals surface area contributed by atoms with E-state index in [1.165, 1.54) is 12.1 Å². The highest BCUT2D eigenvalue weighted by molar-refractivity contribution is 6.28. The number of hydrogen-bond acceptors (Lipinski definition) is 6. The molecule has 0 amide bonds. The first-order valence-corrected chi connectivity index (χ1v) is 11.1. The van der Waals surface area contributed by atoms with Crippen molar-refractivity contribution < 1.29 is 26.3 Å². The van der Waals surface area contributed by atoms with Crippen LogP contribution in [0.4, 0.5) is 26.3 Å². The minimum Gasteiger partial charge on any atom is -0.323 e. The summed E-state index contributed by atoms with van der Waals surface area (Å²) in [5.41, 5.74) is -2.76. The summed E-state index contributed by atoms with van der Waals surface area (Å²) in [6.07, 6.45) is -10.2. The Morgan fingerprint density at radius 2 is 1.76 bits per heavy atom. The van der Waals surface area contributed by atoms with Gasteiger partial charge >= 0.3 is 18.0 Å². The van der Waals surface area contributed by atoms with E-state index < -0.39 is 42.1 Å². The summed E-state index contributed by atoms with van der Waals surface area (Å²) >= 11 is 5.76. The van der Waals surface area contributed by atoms with Crippen LogP contribution in [0.25, 0.3) is 11.2 Å². The molecule has 4 aromatic rings. The summed E-state index contributed by atoms with van der Waals surface area (Å²) in [6, 6.07) is 4.69. The van der Waals surface area contributed by atoms with Crippen LogP contribution in [0.15, 0.2) is 33.9 Å². The van der Waals surface area contributed by atoms with Crippen LogP contribution in [0.3, 0.4) is 0 Å². The number of nitrogens with one attached hydrogen (secondary N) is 1. The van der Waals surface area contributed by atoms with Gasteiger partial charge in [-0.05, 0) is 34.9 Å². The minimum atomic E-state index is -4.54. The van der Waals surface area contributed by atoms with Gasteiger partial charge in [0.15, 0.2) is 17.0 Å². The van der Waals surface area contributed by atoms with Gasteiger partial charge in [0.1, 0.15) is 0 Å². The summed E-state index contributed by atoms with van der Waals surface area (Å²) in [4.78, 5) is 32.9. The van der Waals surface area contributed by atoms with Crippen LogP contribution in [0.1, 0.15) is 29.8 Å². The van der Waals surface area contributed by atoms with Crippen molar-refractivity contribution in [2.45, 2.75) is 51.2 Å². The first-order valence-electron chi connectivity index (χ1n) is 10.7. The van der Waals surface area contributed by atoms with Gasteiger partial charge in [0.2, 0.25) is 5.28 Å². The third-order valence-electron chi connectivity index (χ3n) is 5.30. The van der Waals surface area contributed by atoms with E-state index in [2.05, 4.69) is 25.4 Å². The lowest BCUT2D eigenvalue weighted by Gasteiger charge is -2.12. The van der Waals surface area contributed by atoms with Crippen molar-refractivity contribution in [1.29, 1.82) is 0 Å². The van der Waals surface area contributed by atoms with Gasteiger partial charge in [0.25, 0.3) is 5.56 Å². The number of halogens is 7. The fraction of sp³-hybridized carbons (Fsp3) is 0.400. The monoisotopic (exact) mass is 550 g/mol. The Bertz CT molecular complexity index is 1530. The van der Waals surface area contributed by atoms with Gasteiger partial charge in [0, 0.05) is 19.5 Å². The Kier molecular flexibility index (Phi) is 7.12. The number of benzene rings is 1. The number of hydrogen-bond donors (Lipinski definition) is 1. The highest BCUT2D eigenvalue weighted by atomic mass is 35.5. The molecule has 3 heterocycles. The molecule has 0 saturated carbocycles. The normalized spacial score (nSPS) is 12.5. The van der Waals surface area contributed by atoms with Crippen LogP contribution in [0.2, 0.25) is 5.28 Å². The average molecular weight is 551 g/mol. The Hall–Kier alpha value is -3.69. The lowest BCUT2D eigenvalue weighted by atomic mass is 10.1. The lowest BCUT2D eigenvalue weighted by Crippen LogP contribution is -2.41. The average Bonchev–Trinajstić information content (AvgIpc) is 3.41. The molecule has 0 spiro atoms. The quantitative estimate of drug-likeness (QED) is 0.266. The second-order valence-electron chi connectivity index (χ2n) is 8.01. The summed E-state index contributed by atoms with van der Waals surface area (Å²) in [5, 5.41) is 11.4. The van der Waals surface area contributed by atoms with Gasteiger partial charge in [-0.1, -0.05) is 18.2 Å². The van der Waals surface area contributed by atoms with E-state index in [0.29, 0.717) is 5.56 Å². The van der Waals surface area contributed by atoms with E-state index in [9.17, 15) is 35.9 Å². The third kappa shape index (κ3) is 6.18. The fourth-order valence-electron chi connectivity index (χ4n) is 3.63. The second-order valence-corrected chi connectivity index (χ2v) is 8.37. The van der Waals surface area contributed by atoms with Gasteiger partial charge < -0.3 is 4.98 Å². The minimum absolute atomic E-state index is 0.00938. The Balaban J connectivity index is 1.48. The standard InChI is InChI=1S/C20H17ClF6N8O2/c21-17-28-14-15(29-17)33(8-5-19(22,23)24)18(37)34(16(14)36)6-2-7-35-31-13(30-32-35)10-11-3-1-4-12(9-11)20(25,26)27/h1,3-4,9H,2,5-8,10H2,(H,28,29). The van der Waals surface area contributed by atoms with E-state index in [4.69, 9.17) is 11.6 Å². The SMILES string of the molecule is O=c1c2[nH]c(Cl)nc2n(CCC(F)(F)F)c(=O)n1CCCn1nnc(Cc2cccc(C(F)(F)F)c2)n1. The van der Waals surface area contributed by atoms with Crippen LogP contribution in [0.5, 0.6) is 0 Å². The molecule has 0 radical (unpaired) electrons. The number of alkyl halides is 6. The number of aromatic nitrogens is 8. The number of aromatic amines is 1. The molecule has 3 aromatic heterocycles. The maximum Gasteiger partial charge on any atom is 0.416 e. The molecule has 17 heteroatoms. The number of tetrazole rings is 1. The zero-order chi connectivity index (χ0) is 27.0. The van der Waals surface area contributed by atoms with Crippen LogP contribution < -0.4 is 11.2 Å². The molecule has 0 saturated heterocycles. The van der Waals surface area contributed by atoms with Gasteiger partial charge in [-0.15, -0.1) is 10.2 Å². The maximum atomic E-state index is 12.9. The van der Waals surface area contributed by atoms with Gasteiger partial charge in [-0.25, -0.2) is 4.79 Å². The highest BCUT2D eigenvalue weighted by Crippen LogP contribution is 2.29. The molecule has 0 bridgehead atoms. The number of rotatable bonds is 8. The largest absolute Gasteiger partial charge is 0.416 e. The summed E-state index contributed by atoms with van der Waals surface area (Å²) in [6.45, 7) is -0.892. The van der Waals surface area contributed by atoms with Crippen molar-refractivity contribution in [3.8, 4) is 0 Å². The maximum absolute atomic E-state index is 12.9. The predicted octanol–water partition coefficient (Wildman–Crippen LogP) is 3.18. The molecule has 1 N–H and O–H groups in total. The number of nitrogens with zero attached hydrogens (tertiary/aromatic N) is 7. The molecule has 0 fully saturated rings. The summed E-state index contributed by atoms with van der Waals surface area (Å²) in [5.74, 6) is 0.152. The molecular formula is C20H17ClF6N8O2. The molecule has 0 atom stereocenters. The van der Waals surface area contributed by atoms with E-state index in [0.717, 1.165) is 26.1 Å². The Morgan fingerprint density at radius 3 is 2.46 bits per heavy atom. The second kappa shape index (κ2) is 9.99. The van der Waals surface area contributed by atoms with E-state index >= 15 is 0 Å². The number of aryl methyl sites for hydroxylation is 2. The van der Waals surface area contributed by atoms with Crippen LogP contribution >= 0.6 is 11.6 Å². The van der Waals surface area contributed by atoms with Crippen LogP contribution in [-0.4, -0.2) is 45.5 Å². The van der Waals surface area contributed by atoms with Crippen LogP contribution in [0, 0.1) is 0 Å². The summed E-state index contributed by atoms with van der Waals surface area (Å²) in [7, 11) is 0. The zero-order valence-corrected chi connectivity index (χ0v) is 19.4. The first-order chi connectivity index (χ1) is 17.3. The Morgan fingerprint density at radius 1 is 1.00 bits per heavy atom. The van der Waals surface area contributed by atoms with Crippen molar-refractivity contribution in [1.82, 2.24) is 39.3 Å². The first kappa shape index (κ1) is 26.4. The van der Waals surface area contributed by atoms with Crippen molar-refractivity contribution in [2.24, 2.45) is 0 Å². The number of fused-ring (bicyclic) bond motifs is 1. The molecule has 4 rings (SSSR count). The molecule has 0 aliphatic heterocycles. The van der Waals surface area contributed by atoms with E-state index in [1.54, 1.807) is 0 Å². The van der Waals surface area contributed by atoms with E-state index in [1.807, 2.05) is 0 Å². The fourth-order valence-corrected chi connectivity index (χ4v) is 3.80. The zero-order valence-electron chi connectivity index (χ0n) is 18.6. The van der Waals surface area contributed by atoms with Crippen molar-refractivity contribution in [3.63, 3.8) is 0 Å². The van der Waals surface area contributed by atoms with E-state index in [-0.39, 0.29) is 48.2 Å². The van der Waals surface area contributed by atoms with Gasteiger partial charge in [-0.2, -0.15) is 36.1 Å². The molecule has 0 aliphatic carbocycles. The number of imidazole rings is 1. The highest BCUT2D eigenvalue weighted by Gasteiger charge is 2.30. The molecule has 0 aliphatic rings. The van der Waals surface area contributed by atoms with Crippen molar-refractivity contribution in [2.75, 3.05) is 0 Å². The lowest BCUT2D eigenvalue weighted by molar-refractivity contribution is -0.138. The predicted molar refractivity (Wildman–Crippen MR) is 117 cm³/mol. The van der Waals surface area contributed by atoms with Crippen LogP contribution in [-0.2, 0) is 32.2 Å². The molecule has 10 nitrogen and oxygen atoms in total. The smallest absolute Gasteiger partial charge is 0.323 e. The summed E-state index contributed by atoms with van der Waals surface area (Å²) < 4.78 is 78.4. The van der Waals surface area contributed by atoms with Gasteiger partial charge in [-0.3, -0.25) is 13.9 Å². The number of H-pyrrole nitrogens is 1. The molecule has 198 valence electrons. The molecule has 0 unspecified atom stereocenters. The Labute approximate surface area is 207 Å². The molecule has 1 aromatic carbocycles.